The second kappa shape index (κ2) is 8.35. The molecule has 22 heavy (non-hydrogen) atoms. The van der Waals surface area contributed by atoms with Gasteiger partial charge in [0.1, 0.15) is 0 Å². The molecule has 0 unspecified atom stereocenters. The quantitative estimate of drug-likeness (QED) is 0.751. The summed E-state index contributed by atoms with van der Waals surface area (Å²) < 4.78 is 5.06. The lowest BCUT2D eigenvalue weighted by Gasteiger charge is -2.10. The normalized spacial score (nSPS) is 10.6. The lowest BCUT2D eigenvalue weighted by atomic mass is 9.96. The van der Waals surface area contributed by atoms with Gasteiger partial charge in [-0.25, -0.2) is 4.79 Å². The van der Waals surface area contributed by atoms with Gasteiger partial charge in [-0.2, -0.15) is 0 Å². The Hall–Kier alpha value is -2.13. The van der Waals surface area contributed by atoms with Crippen LogP contribution in [0.15, 0.2) is 48.5 Å². The van der Waals surface area contributed by atoms with Crippen molar-refractivity contribution in [3.63, 3.8) is 0 Å². The second-order valence-electron chi connectivity index (χ2n) is 5.41. The average molecular weight is 298 g/mol. The van der Waals surface area contributed by atoms with E-state index in [0.29, 0.717) is 12.0 Å². The Kier molecular flexibility index (Phi) is 6.16. The molecule has 116 valence electrons. The fraction of sp³-hybridized carbons (Fsp3) is 0.316. The van der Waals surface area contributed by atoms with Gasteiger partial charge in [-0.3, -0.25) is 0 Å². The summed E-state index contributed by atoms with van der Waals surface area (Å²) >= 11 is 0. The summed E-state index contributed by atoms with van der Waals surface area (Å²) in [5, 5.41) is 9.36. The van der Waals surface area contributed by atoms with Gasteiger partial charge in [0.15, 0.2) is 0 Å². The van der Waals surface area contributed by atoms with Crippen molar-refractivity contribution >= 4 is 5.97 Å². The van der Waals surface area contributed by atoms with Crippen LogP contribution in [-0.2, 0) is 17.6 Å². The molecular formula is C19H22O3. The Morgan fingerprint density at radius 3 is 2.50 bits per heavy atom. The van der Waals surface area contributed by atoms with E-state index >= 15 is 0 Å². The van der Waals surface area contributed by atoms with Gasteiger partial charge in [0.2, 0.25) is 0 Å². The number of rotatable bonds is 8. The van der Waals surface area contributed by atoms with E-state index < -0.39 is 5.97 Å². The van der Waals surface area contributed by atoms with Crippen molar-refractivity contribution in [3.8, 4) is 0 Å². The van der Waals surface area contributed by atoms with Gasteiger partial charge in [0, 0.05) is 13.7 Å². The Morgan fingerprint density at radius 2 is 1.82 bits per heavy atom. The van der Waals surface area contributed by atoms with Crippen molar-refractivity contribution in [1.29, 1.82) is 0 Å². The van der Waals surface area contributed by atoms with Crippen LogP contribution in [0.3, 0.4) is 0 Å². The number of aryl methyl sites for hydroxylation is 1. The number of carboxylic acid groups (broad SMARTS) is 1. The fourth-order valence-corrected chi connectivity index (χ4v) is 2.55. The van der Waals surface area contributed by atoms with Crippen LogP contribution >= 0.6 is 0 Å². The van der Waals surface area contributed by atoms with Crippen LogP contribution in [-0.4, -0.2) is 24.8 Å². The number of benzene rings is 2. The van der Waals surface area contributed by atoms with Crippen LogP contribution in [0.4, 0.5) is 0 Å². The minimum absolute atomic E-state index is 0.393. The van der Waals surface area contributed by atoms with Crippen molar-refractivity contribution < 1.29 is 14.6 Å². The predicted molar refractivity (Wildman–Crippen MR) is 87.5 cm³/mol. The van der Waals surface area contributed by atoms with Crippen LogP contribution < -0.4 is 0 Å². The van der Waals surface area contributed by atoms with Crippen molar-refractivity contribution in [2.45, 2.75) is 25.7 Å². The molecule has 3 heteroatoms. The van der Waals surface area contributed by atoms with Crippen molar-refractivity contribution in [1.82, 2.24) is 0 Å². The third-order valence-corrected chi connectivity index (χ3v) is 3.70. The molecule has 0 aliphatic heterocycles. The number of unbranched alkanes of at least 4 members (excludes halogenated alkanes) is 1. The topological polar surface area (TPSA) is 46.5 Å². The van der Waals surface area contributed by atoms with E-state index in [9.17, 15) is 9.90 Å². The summed E-state index contributed by atoms with van der Waals surface area (Å²) in [6, 6.07) is 15.6. The zero-order chi connectivity index (χ0) is 15.8. The highest BCUT2D eigenvalue weighted by atomic mass is 16.5. The minimum Gasteiger partial charge on any atom is -0.478 e. The van der Waals surface area contributed by atoms with Crippen molar-refractivity contribution in [2.75, 3.05) is 13.7 Å². The summed E-state index contributed by atoms with van der Waals surface area (Å²) in [4.78, 5) is 11.4. The smallest absolute Gasteiger partial charge is 0.335 e. The molecule has 3 nitrogen and oxygen atoms in total. The van der Waals surface area contributed by atoms with Gasteiger partial charge in [0.05, 0.1) is 5.56 Å². The maximum Gasteiger partial charge on any atom is 0.335 e. The van der Waals surface area contributed by atoms with Gasteiger partial charge in [-0.05, 0) is 48.4 Å². The summed E-state index contributed by atoms with van der Waals surface area (Å²) in [5.74, 6) is -0.864. The molecule has 0 saturated carbocycles. The van der Waals surface area contributed by atoms with E-state index in [-0.39, 0.29) is 0 Å². The van der Waals surface area contributed by atoms with Crippen LogP contribution in [0, 0.1) is 0 Å². The summed E-state index contributed by atoms with van der Waals surface area (Å²) in [7, 11) is 1.71. The highest BCUT2D eigenvalue weighted by Gasteiger charge is 2.11. The van der Waals surface area contributed by atoms with E-state index in [1.165, 1.54) is 5.56 Å². The monoisotopic (exact) mass is 298 g/mol. The maximum absolute atomic E-state index is 11.4. The SMILES string of the molecule is COCCCCc1ccc(C(=O)O)c(Cc2ccccc2)c1. The molecule has 2 aromatic carbocycles. The van der Waals surface area contributed by atoms with Gasteiger partial charge in [-0.15, -0.1) is 0 Å². The molecule has 0 fully saturated rings. The van der Waals surface area contributed by atoms with Gasteiger partial charge < -0.3 is 9.84 Å². The first-order valence-electron chi connectivity index (χ1n) is 7.58. The third kappa shape index (κ3) is 4.71. The first kappa shape index (κ1) is 16.2. The van der Waals surface area contributed by atoms with Crippen molar-refractivity contribution in [3.05, 3.63) is 70.8 Å². The number of ether oxygens (including phenoxy) is 1. The summed E-state index contributed by atoms with van der Waals surface area (Å²) in [5.41, 5.74) is 3.58. The Labute approximate surface area is 131 Å². The molecule has 0 aliphatic rings. The number of carbonyl (C=O) groups is 1. The van der Waals surface area contributed by atoms with Gasteiger partial charge >= 0.3 is 5.97 Å². The maximum atomic E-state index is 11.4. The number of carboxylic acids is 1. The number of aromatic carboxylic acids is 1. The Balaban J connectivity index is 2.15. The van der Waals surface area contributed by atoms with Crippen LogP contribution in [0.5, 0.6) is 0 Å². The standard InChI is InChI=1S/C19H22O3/c1-22-12-6-5-9-16-10-11-18(19(20)21)17(14-16)13-15-7-3-2-4-8-15/h2-4,7-8,10-11,14H,5-6,9,12-13H2,1H3,(H,20,21). The molecule has 0 atom stereocenters. The molecule has 1 N–H and O–H groups in total. The third-order valence-electron chi connectivity index (χ3n) is 3.70. The molecule has 0 radical (unpaired) electrons. The van der Waals surface area contributed by atoms with E-state index in [1.807, 2.05) is 42.5 Å². The highest BCUT2D eigenvalue weighted by Crippen LogP contribution is 2.18. The van der Waals surface area contributed by atoms with Gasteiger partial charge in [0.25, 0.3) is 0 Å². The molecule has 0 spiro atoms. The summed E-state index contributed by atoms with van der Waals surface area (Å²) in [6.45, 7) is 0.768. The number of hydrogen-bond donors (Lipinski definition) is 1. The fourth-order valence-electron chi connectivity index (χ4n) is 2.55. The lowest BCUT2D eigenvalue weighted by Crippen LogP contribution is -2.04. The predicted octanol–water partition coefficient (Wildman–Crippen LogP) is 3.94. The van der Waals surface area contributed by atoms with Crippen LogP contribution in [0.2, 0.25) is 0 Å². The molecule has 0 heterocycles. The number of hydrogen-bond acceptors (Lipinski definition) is 2. The largest absolute Gasteiger partial charge is 0.478 e. The molecule has 0 bridgehead atoms. The molecule has 0 amide bonds. The van der Waals surface area contributed by atoms with Crippen molar-refractivity contribution in [2.24, 2.45) is 0 Å². The zero-order valence-electron chi connectivity index (χ0n) is 12.9. The summed E-state index contributed by atoms with van der Waals surface area (Å²) in [6.07, 6.45) is 3.66. The molecule has 2 aromatic rings. The zero-order valence-corrected chi connectivity index (χ0v) is 12.9. The highest BCUT2D eigenvalue weighted by molar-refractivity contribution is 5.89. The Bertz CT molecular complexity index is 605. The van der Waals surface area contributed by atoms with E-state index in [2.05, 4.69) is 0 Å². The molecule has 0 aromatic heterocycles. The second-order valence-corrected chi connectivity index (χ2v) is 5.41. The van der Waals surface area contributed by atoms with E-state index in [1.54, 1.807) is 13.2 Å². The molecule has 0 aliphatic carbocycles. The first-order valence-corrected chi connectivity index (χ1v) is 7.58. The Morgan fingerprint density at radius 1 is 1.05 bits per heavy atom. The minimum atomic E-state index is -0.864. The lowest BCUT2D eigenvalue weighted by molar-refractivity contribution is 0.0696. The van der Waals surface area contributed by atoms with Crippen LogP contribution in [0.1, 0.15) is 39.9 Å². The molecule has 0 saturated heterocycles. The first-order chi connectivity index (χ1) is 10.7. The van der Waals surface area contributed by atoms with E-state index in [0.717, 1.165) is 37.0 Å². The molecular weight excluding hydrogens is 276 g/mol. The molecule has 2 rings (SSSR count). The van der Waals surface area contributed by atoms with Crippen LogP contribution in [0.25, 0.3) is 0 Å². The average Bonchev–Trinajstić information content (AvgIpc) is 2.52. The number of methoxy groups -OCH3 is 1. The van der Waals surface area contributed by atoms with E-state index in [4.69, 9.17) is 4.74 Å². The van der Waals surface area contributed by atoms with Gasteiger partial charge in [-0.1, -0.05) is 42.5 Å².